The number of halogens is 1. The van der Waals surface area contributed by atoms with Gasteiger partial charge in [-0.2, -0.15) is 0 Å². The number of hydrogen-bond donors (Lipinski definition) is 2. The highest BCUT2D eigenvalue weighted by molar-refractivity contribution is 5.85. The molecule has 0 radical (unpaired) electrons. The van der Waals surface area contributed by atoms with Crippen molar-refractivity contribution in [1.29, 1.82) is 0 Å². The number of nitrogens with zero attached hydrogens (tertiary/aromatic N) is 3. The van der Waals surface area contributed by atoms with Crippen LogP contribution in [-0.2, 0) is 0 Å². The van der Waals surface area contributed by atoms with E-state index in [1.165, 1.54) is 12.8 Å². The lowest BCUT2D eigenvalue weighted by molar-refractivity contribution is 0.585. The maximum atomic E-state index is 4.85. The van der Waals surface area contributed by atoms with E-state index in [4.69, 9.17) is 9.97 Å². The number of hydrogen-bond acceptors (Lipinski definition) is 5. The van der Waals surface area contributed by atoms with Gasteiger partial charge >= 0.3 is 0 Å². The number of anilines is 2. The van der Waals surface area contributed by atoms with Gasteiger partial charge in [-0.3, -0.25) is 0 Å². The van der Waals surface area contributed by atoms with Gasteiger partial charge in [0, 0.05) is 32.2 Å². The van der Waals surface area contributed by atoms with Crippen LogP contribution in [0.5, 0.6) is 0 Å². The summed E-state index contributed by atoms with van der Waals surface area (Å²) in [4.78, 5) is 12.0. The highest BCUT2D eigenvalue weighted by Gasteiger charge is 2.25. The van der Waals surface area contributed by atoms with Gasteiger partial charge in [-0.1, -0.05) is 12.1 Å². The number of rotatable bonds is 3. The molecule has 2 aliphatic rings. The SMILES string of the molecule is Cl.c1ccc2nc(N3CCNCC3)c(NC3CC3)nc2c1. The fourth-order valence-corrected chi connectivity index (χ4v) is 2.61. The van der Waals surface area contributed by atoms with Gasteiger partial charge in [0.15, 0.2) is 11.6 Å². The second-order valence-electron chi connectivity index (χ2n) is 5.54. The number of nitrogens with one attached hydrogen (secondary N) is 2. The van der Waals surface area contributed by atoms with E-state index in [-0.39, 0.29) is 12.4 Å². The smallest absolute Gasteiger partial charge is 0.172 e. The highest BCUT2D eigenvalue weighted by atomic mass is 35.5. The fraction of sp³-hybridized carbons (Fsp3) is 0.467. The van der Waals surface area contributed by atoms with Crippen LogP contribution in [0.3, 0.4) is 0 Å². The maximum absolute atomic E-state index is 4.85. The zero-order chi connectivity index (χ0) is 13.4. The summed E-state index contributed by atoms with van der Waals surface area (Å²) in [6.45, 7) is 4.01. The van der Waals surface area contributed by atoms with Gasteiger partial charge in [0.1, 0.15) is 0 Å². The molecule has 0 unspecified atom stereocenters. The van der Waals surface area contributed by atoms with E-state index in [1.54, 1.807) is 0 Å². The molecule has 2 aromatic rings. The lowest BCUT2D eigenvalue weighted by atomic mass is 10.3. The number of fused-ring (bicyclic) bond motifs is 1. The minimum atomic E-state index is 0. The van der Waals surface area contributed by atoms with E-state index < -0.39 is 0 Å². The summed E-state index contributed by atoms with van der Waals surface area (Å²) in [6.07, 6.45) is 2.49. The van der Waals surface area contributed by atoms with Crippen molar-refractivity contribution in [3.63, 3.8) is 0 Å². The average molecular weight is 306 g/mol. The molecular weight excluding hydrogens is 286 g/mol. The molecule has 1 saturated heterocycles. The quantitative estimate of drug-likeness (QED) is 0.909. The second kappa shape index (κ2) is 6.03. The Kier molecular flexibility index (Phi) is 4.12. The zero-order valence-corrected chi connectivity index (χ0v) is 12.7. The summed E-state index contributed by atoms with van der Waals surface area (Å²) in [6, 6.07) is 8.69. The van der Waals surface area contributed by atoms with Crippen molar-refractivity contribution in [1.82, 2.24) is 15.3 Å². The first-order chi connectivity index (χ1) is 9.90. The first-order valence-corrected chi connectivity index (χ1v) is 7.39. The maximum Gasteiger partial charge on any atom is 0.172 e. The molecule has 1 aliphatic carbocycles. The molecule has 2 heterocycles. The summed E-state index contributed by atoms with van der Waals surface area (Å²) in [5.41, 5.74) is 1.94. The molecule has 1 saturated carbocycles. The minimum absolute atomic E-state index is 0. The first-order valence-electron chi connectivity index (χ1n) is 7.39. The van der Waals surface area contributed by atoms with Gasteiger partial charge in [-0.05, 0) is 25.0 Å². The third-order valence-electron chi connectivity index (χ3n) is 3.89. The molecule has 5 nitrogen and oxygen atoms in total. The molecule has 2 fully saturated rings. The van der Waals surface area contributed by atoms with Crippen molar-refractivity contribution in [2.24, 2.45) is 0 Å². The van der Waals surface area contributed by atoms with Crippen molar-refractivity contribution in [2.45, 2.75) is 18.9 Å². The summed E-state index contributed by atoms with van der Waals surface area (Å²) in [5.74, 6) is 1.96. The van der Waals surface area contributed by atoms with Crippen molar-refractivity contribution < 1.29 is 0 Å². The van der Waals surface area contributed by atoms with Gasteiger partial charge in [0.05, 0.1) is 11.0 Å². The van der Waals surface area contributed by atoms with Crippen LogP contribution in [0.15, 0.2) is 24.3 Å². The van der Waals surface area contributed by atoms with Crippen molar-refractivity contribution >= 4 is 35.1 Å². The molecule has 4 rings (SSSR count). The summed E-state index contributed by atoms with van der Waals surface area (Å²) in [7, 11) is 0. The topological polar surface area (TPSA) is 53.1 Å². The summed E-state index contributed by atoms with van der Waals surface area (Å²) < 4.78 is 0. The first kappa shape index (κ1) is 14.4. The molecule has 1 aromatic carbocycles. The van der Waals surface area contributed by atoms with Gasteiger partial charge in [0.25, 0.3) is 0 Å². The zero-order valence-electron chi connectivity index (χ0n) is 11.9. The molecular formula is C15H20ClN5. The monoisotopic (exact) mass is 305 g/mol. The van der Waals surface area contributed by atoms with E-state index in [1.807, 2.05) is 24.3 Å². The number of benzene rings is 1. The fourth-order valence-electron chi connectivity index (χ4n) is 2.61. The van der Waals surface area contributed by atoms with Crippen LogP contribution in [0.4, 0.5) is 11.6 Å². The molecule has 0 amide bonds. The van der Waals surface area contributed by atoms with Crippen LogP contribution >= 0.6 is 12.4 Å². The Morgan fingerprint density at radius 2 is 1.71 bits per heavy atom. The molecule has 0 atom stereocenters. The largest absolute Gasteiger partial charge is 0.364 e. The molecule has 0 spiro atoms. The second-order valence-corrected chi connectivity index (χ2v) is 5.54. The van der Waals surface area contributed by atoms with Crippen LogP contribution in [-0.4, -0.2) is 42.2 Å². The third-order valence-corrected chi connectivity index (χ3v) is 3.89. The molecule has 6 heteroatoms. The lowest BCUT2D eigenvalue weighted by Gasteiger charge is -2.29. The molecule has 2 N–H and O–H groups in total. The molecule has 21 heavy (non-hydrogen) atoms. The van der Waals surface area contributed by atoms with Gasteiger partial charge in [-0.25, -0.2) is 9.97 Å². The molecule has 1 aromatic heterocycles. The highest BCUT2D eigenvalue weighted by Crippen LogP contribution is 2.30. The van der Waals surface area contributed by atoms with Crippen LogP contribution < -0.4 is 15.5 Å². The normalized spacial score (nSPS) is 18.4. The average Bonchev–Trinajstić information content (AvgIpc) is 3.31. The van der Waals surface area contributed by atoms with Crippen molar-refractivity contribution in [3.05, 3.63) is 24.3 Å². The van der Waals surface area contributed by atoms with Gasteiger partial charge < -0.3 is 15.5 Å². The Morgan fingerprint density at radius 1 is 1.05 bits per heavy atom. The standard InChI is InChI=1S/C15H19N5.ClH/c1-2-4-13-12(3-1)18-14(17-11-5-6-11)15(19-13)20-9-7-16-8-10-20;/h1-4,11,16H,5-10H2,(H,17,18);1H. The predicted molar refractivity (Wildman–Crippen MR) is 88.5 cm³/mol. The Balaban J connectivity index is 0.00000132. The number of piperazine rings is 1. The van der Waals surface area contributed by atoms with Crippen molar-refractivity contribution in [3.8, 4) is 0 Å². The minimum Gasteiger partial charge on any atom is -0.364 e. The van der Waals surface area contributed by atoms with E-state index in [0.717, 1.165) is 48.8 Å². The summed E-state index contributed by atoms with van der Waals surface area (Å²) in [5, 5.41) is 6.92. The van der Waals surface area contributed by atoms with Crippen LogP contribution in [0.25, 0.3) is 11.0 Å². The molecule has 1 aliphatic heterocycles. The summed E-state index contributed by atoms with van der Waals surface area (Å²) >= 11 is 0. The lowest BCUT2D eigenvalue weighted by Crippen LogP contribution is -2.44. The third kappa shape index (κ3) is 3.04. The van der Waals surface area contributed by atoms with E-state index >= 15 is 0 Å². The van der Waals surface area contributed by atoms with E-state index in [9.17, 15) is 0 Å². The van der Waals surface area contributed by atoms with E-state index in [0.29, 0.717) is 6.04 Å². The van der Waals surface area contributed by atoms with Crippen molar-refractivity contribution in [2.75, 3.05) is 36.4 Å². The number of para-hydroxylation sites is 2. The Bertz CT molecular complexity index is 622. The van der Waals surface area contributed by atoms with E-state index in [2.05, 4.69) is 15.5 Å². The van der Waals surface area contributed by atoms with Crippen LogP contribution in [0.1, 0.15) is 12.8 Å². The Morgan fingerprint density at radius 3 is 2.38 bits per heavy atom. The van der Waals surface area contributed by atoms with Crippen LogP contribution in [0.2, 0.25) is 0 Å². The van der Waals surface area contributed by atoms with Gasteiger partial charge in [-0.15, -0.1) is 12.4 Å². The Labute approximate surface area is 130 Å². The predicted octanol–water partition coefficient (Wildman–Crippen LogP) is 2.04. The number of aromatic nitrogens is 2. The molecule has 0 bridgehead atoms. The van der Waals surface area contributed by atoms with Crippen LogP contribution in [0, 0.1) is 0 Å². The molecule has 112 valence electrons. The van der Waals surface area contributed by atoms with Gasteiger partial charge in [0.2, 0.25) is 0 Å². The Hall–Kier alpha value is -1.59.